The first kappa shape index (κ1) is 18.8. The second kappa shape index (κ2) is 7.91. The third-order valence-electron chi connectivity index (χ3n) is 6.19. The highest BCUT2D eigenvalue weighted by molar-refractivity contribution is 5.93. The van der Waals surface area contributed by atoms with Crippen LogP contribution >= 0.6 is 0 Å². The Morgan fingerprint density at radius 2 is 1.73 bits per heavy atom. The fraction of sp³-hybridized carbons (Fsp3) is 0.348. The van der Waals surface area contributed by atoms with E-state index in [9.17, 15) is 0 Å². The van der Waals surface area contributed by atoms with E-state index < -0.39 is 0 Å². The smallest absolute Gasteiger partial charge is 0.193 e. The minimum absolute atomic E-state index is 0.660. The molecule has 3 heterocycles. The zero-order valence-electron chi connectivity index (χ0n) is 17.3. The molecule has 1 N–H and O–H groups in total. The number of benzene rings is 2. The Morgan fingerprint density at radius 1 is 1.00 bits per heavy atom. The van der Waals surface area contributed by atoms with Gasteiger partial charge in [0.2, 0.25) is 0 Å². The summed E-state index contributed by atoms with van der Waals surface area (Å²) in [4.78, 5) is 6.15. The summed E-state index contributed by atoms with van der Waals surface area (Å²) < 4.78 is 12.8. The van der Waals surface area contributed by atoms with Crippen LogP contribution in [0.15, 0.2) is 48.8 Å². The van der Waals surface area contributed by atoms with Crippen molar-refractivity contribution in [3.63, 3.8) is 0 Å². The topological polar surface area (TPSA) is 66.0 Å². The van der Waals surface area contributed by atoms with Gasteiger partial charge in [-0.05, 0) is 17.5 Å². The van der Waals surface area contributed by atoms with Crippen molar-refractivity contribution in [2.45, 2.75) is 25.3 Å². The van der Waals surface area contributed by atoms with Gasteiger partial charge >= 0.3 is 0 Å². The summed E-state index contributed by atoms with van der Waals surface area (Å²) in [5, 5.41) is 9.87. The van der Waals surface area contributed by atoms with Crippen molar-refractivity contribution in [2.24, 2.45) is 0 Å². The van der Waals surface area contributed by atoms with Crippen LogP contribution in [0.4, 0.5) is 0 Å². The van der Waals surface area contributed by atoms with E-state index in [1.807, 2.05) is 22.9 Å². The average Bonchev–Trinajstić information content (AvgIpc) is 3.22. The number of rotatable bonds is 5. The van der Waals surface area contributed by atoms with Gasteiger partial charge in [0.05, 0.1) is 32.8 Å². The molecule has 1 aliphatic rings. The van der Waals surface area contributed by atoms with Gasteiger partial charge in [0, 0.05) is 24.3 Å². The minimum atomic E-state index is 0.660. The maximum absolute atomic E-state index is 5.45. The largest absolute Gasteiger partial charge is 0.493 e. The highest BCUT2D eigenvalue weighted by Crippen LogP contribution is 2.32. The lowest BCUT2D eigenvalue weighted by Gasteiger charge is -2.29. The highest BCUT2D eigenvalue weighted by atomic mass is 16.5. The summed E-state index contributed by atoms with van der Waals surface area (Å²) in [6, 6.07) is 14.7. The number of quaternary nitrogens is 1. The molecular weight excluding hydrogens is 378 g/mol. The van der Waals surface area contributed by atoms with Crippen molar-refractivity contribution in [3.8, 4) is 11.5 Å². The van der Waals surface area contributed by atoms with Crippen LogP contribution in [0.1, 0.15) is 30.1 Å². The molecule has 30 heavy (non-hydrogen) atoms. The SMILES string of the molecule is COc1cc2ncn3c(C[NH+]4CCC(c5ccccc5)CC4)nnc3c2cc1OC. The van der Waals surface area contributed by atoms with Crippen molar-refractivity contribution in [1.29, 1.82) is 0 Å². The third kappa shape index (κ3) is 3.35. The number of hydrogen-bond acceptors (Lipinski definition) is 5. The van der Waals surface area contributed by atoms with Gasteiger partial charge in [-0.3, -0.25) is 4.40 Å². The highest BCUT2D eigenvalue weighted by Gasteiger charge is 2.25. The summed E-state index contributed by atoms with van der Waals surface area (Å²) in [5.74, 6) is 2.94. The molecule has 7 nitrogen and oxygen atoms in total. The molecule has 7 heteroatoms. The zero-order chi connectivity index (χ0) is 20.5. The molecule has 1 aliphatic heterocycles. The summed E-state index contributed by atoms with van der Waals surface area (Å²) >= 11 is 0. The van der Waals surface area contributed by atoms with Crippen molar-refractivity contribution in [3.05, 3.63) is 60.2 Å². The molecule has 1 saturated heterocycles. The molecular formula is C23H26N5O2+. The van der Waals surface area contributed by atoms with Gasteiger partial charge in [0.15, 0.2) is 23.0 Å². The fourth-order valence-electron chi connectivity index (χ4n) is 4.51. The van der Waals surface area contributed by atoms with Crippen molar-refractivity contribution in [1.82, 2.24) is 19.6 Å². The Morgan fingerprint density at radius 3 is 2.47 bits per heavy atom. The lowest BCUT2D eigenvalue weighted by Crippen LogP contribution is -3.11. The molecule has 0 amide bonds. The minimum Gasteiger partial charge on any atom is -0.493 e. The number of piperidine rings is 1. The van der Waals surface area contributed by atoms with Crippen LogP contribution in [-0.4, -0.2) is 46.9 Å². The van der Waals surface area contributed by atoms with Gasteiger partial charge < -0.3 is 14.4 Å². The van der Waals surface area contributed by atoms with E-state index in [-0.39, 0.29) is 0 Å². The molecule has 4 aromatic rings. The Bertz CT molecular complexity index is 1170. The molecule has 1 fully saturated rings. The first-order valence-electron chi connectivity index (χ1n) is 10.4. The Kier molecular flexibility index (Phi) is 4.96. The number of hydrogen-bond donors (Lipinski definition) is 1. The molecule has 0 atom stereocenters. The van der Waals surface area contributed by atoms with Gasteiger partial charge in [-0.1, -0.05) is 30.3 Å². The second-order valence-corrected chi connectivity index (χ2v) is 7.89. The van der Waals surface area contributed by atoms with Gasteiger partial charge in [-0.25, -0.2) is 4.98 Å². The van der Waals surface area contributed by atoms with Crippen molar-refractivity contribution < 1.29 is 14.4 Å². The van der Waals surface area contributed by atoms with Gasteiger partial charge in [-0.15, -0.1) is 10.2 Å². The lowest BCUT2D eigenvalue weighted by molar-refractivity contribution is -0.919. The van der Waals surface area contributed by atoms with E-state index in [0.29, 0.717) is 17.4 Å². The molecule has 2 aromatic heterocycles. The van der Waals surface area contributed by atoms with Crippen LogP contribution < -0.4 is 14.4 Å². The Balaban J connectivity index is 1.37. The number of aromatic nitrogens is 4. The number of fused-ring (bicyclic) bond motifs is 3. The molecule has 5 rings (SSSR count). The number of nitrogens with zero attached hydrogens (tertiary/aromatic N) is 4. The monoisotopic (exact) mass is 404 g/mol. The van der Waals surface area contributed by atoms with Gasteiger partial charge in [0.25, 0.3) is 0 Å². The van der Waals surface area contributed by atoms with Crippen LogP contribution in [-0.2, 0) is 6.54 Å². The quantitative estimate of drug-likeness (QED) is 0.553. The van der Waals surface area contributed by atoms with Crippen LogP contribution in [0.25, 0.3) is 16.6 Å². The fourth-order valence-corrected chi connectivity index (χ4v) is 4.51. The maximum Gasteiger partial charge on any atom is 0.193 e. The average molecular weight is 404 g/mol. The summed E-state index contributed by atoms with van der Waals surface area (Å²) in [5.41, 5.74) is 3.08. The molecule has 0 spiro atoms. The van der Waals surface area contributed by atoms with Crippen LogP contribution in [0, 0.1) is 0 Å². The molecule has 0 unspecified atom stereocenters. The summed E-state index contributed by atoms with van der Waals surface area (Å²) in [7, 11) is 3.26. The predicted octanol–water partition coefficient (Wildman–Crippen LogP) is 2.26. The van der Waals surface area contributed by atoms with E-state index in [2.05, 4.69) is 45.5 Å². The lowest BCUT2D eigenvalue weighted by atomic mass is 9.89. The molecule has 0 bridgehead atoms. The number of ether oxygens (including phenoxy) is 2. The molecule has 0 saturated carbocycles. The van der Waals surface area contributed by atoms with E-state index in [4.69, 9.17) is 9.47 Å². The first-order valence-corrected chi connectivity index (χ1v) is 10.4. The normalized spacial score (nSPS) is 19.3. The van der Waals surface area contributed by atoms with Crippen LogP contribution in [0.2, 0.25) is 0 Å². The van der Waals surface area contributed by atoms with Crippen LogP contribution in [0.5, 0.6) is 11.5 Å². The number of likely N-dealkylation sites (tertiary alicyclic amines) is 1. The maximum atomic E-state index is 5.45. The molecule has 0 aliphatic carbocycles. The first-order chi connectivity index (χ1) is 14.8. The van der Waals surface area contributed by atoms with Gasteiger partial charge in [-0.2, -0.15) is 0 Å². The van der Waals surface area contributed by atoms with Crippen molar-refractivity contribution >= 4 is 16.6 Å². The number of methoxy groups -OCH3 is 2. The Labute approximate surface area is 175 Å². The molecule has 0 radical (unpaired) electrons. The standard InChI is InChI=1S/C23H25N5O2/c1-29-20-12-18-19(13-21(20)30-2)24-15-28-22(25-26-23(18)28)14-27-10-8-17(9-11-27)16-6-4-3-5-7-16/h3-7,12-13,15,17H,8-11,14H2,1-2H3/p+1. The molecule has 2 aromatic carbocycles. The Hall–Kier alpha value is -3.19. The number of nitrogens with one attached hydrogen (secondary N) is 1. The van der Waals surface area contributed by atoms with E-state index >= 15 is 0 Å². The predicted molar refractivity (Wildman–Crippen MR) is 114 cm³/mol. The third-order valence-corrected chi connectivity index (χ3v) is 6.19. The summed E-state index contributed by atoms with van der Waals surface area (Å²) in [6.45, 7) is 3.13. The molecule has 154 valence electrons. The second-order valence-electron chi connectivity index (χ2n) is 7.89. The van der Waals surface area contributed by atoms with E-state index in [0.717, 1.165) is 42.0 Å². The van der Waals surface area contributed by atoms with Crippen LogP contribution in [0.3, 0.4) is 0 Å². The van der Waals surface area contributed by atoms with E-state index in [1.54, 1.807) is 19.1 Å². The zero-order valence-corrected chi connectivity index (χ0v) is 17.3. The summed E-state index contributed by atoms with van der Waals surface area (Å²) in [6.07, 6.45) is 4.22. The van der Waals surface area contributed by atoms with E-state index in [1.165, 1.54) is 18.4 Å². The van der Waals surface area contributed by atoms with Crippen molar-refractivity contribution in [2.75, 3.05) is 27.3 Å². The van der Waals surface area contributed by atoms with Gasteiger partial charge in [0.1, 0.15) is 12.9 Å².